The average Bonchev–Trinajstić information content (AvgIpc) is 3.08. The highest BCUT2D eigenvalue weighted by atomic mass is 32.1. The maximum atomic E-state index is 4.43. The molecule has 2 aromatic heterocycles. The lowest BCUT2D eigenvalue weighted by Crippen LogP contribution is -2.35. The van der Waals surface area contributed by atoms with Crippen molar-refractivity contribution >= 4 is 11.3 Å². The number of hydrogen-bond acceptors (Lipinski definition) is 3. The third-order valence-electron chi connectivity index (χ3n) is 3.90. The Labute approximate surface area is 118 Å². The molecule has 0 unspecified atom stereocenters. The van der Waals surface area contributed by atoms with Gasteiger partial charge in [-0.3, -0.25) is 5.10 Å². The van der Waals surface area contributed by atoms with Crippen LogP contribution in [0.15, 0.2) is 23.6 Å². The first-order chi connectivity index (χ1) is 9.31. The van der Waals surface area contributed by atoms with E-state index in [-0.39, 0.29) is 0 Å². The molecule has 102 valence electrons. The zero-order chi connectivity index (χ0) is 13.1. The van der Waals surface area contributed by atoms with Crippen LogP contribution in [0, 0.1) is 6.92 Å². The molecular weight excluding hydrogens is 254 g/mol. The quantitative estimate of drug-likeness (QED) is 0.929. The number of piperidine rings is 1. The van der Waals surface area contributed by atoms with Gasteiger partial charge < -0.3 is 4.90 Å². The molecule has 0 saturated carbocycles. The van der Waals surface area contributed by atoms with Crippen molar-refractivity contribution < 1.29 is 0 Å². The van der Waals surface area contributed by atoms with E-state index in [1.54, 1.807) is 0 Å². The molecule has 3 nitrogen and oxygen atoms in total. The maximum absolute atomic E-state index is 4.43. The molecule has 3 rings (SSSR count). The average molecular weight is 275 g/mol. The van der Waals surface area contributed by atoms with E-state index < -0.39 is 0 Å². The van der Waals surface area contributed by atoms with Crippen LogP contribution in [0.1, 0.15) is 35.0 Å². The van der Waals surface area contributed by atoms with E-state index in [1.165, 1.54) is 48.6 Å². The number of nitrogens with zero attached hydrogens (tertiary/aromatic N) is 2. The fourth-order valence-corrected chi connectivity index (χ4v) is 3.57. The summed E-state index contributed by atoms with van der Waals surface area (Å²) in [6.07, 6.45) is 3.75. The van der Waals surface area contributed by atoms with Crippen molar-refractivity contribution in [2.45, 2.75) is 32.1 Å². The second kappa shape index (κ2) is 5.88. The van der Waals surface area contributed by atoms with E-state index in [1.807, 2.05) is 11.3 Å². The normalized spacial score (nSPS) is 20.8. The number of nitrogens with one attached hydrogen (secondary N) is 1. The SMILES string of the molecule is Cc1cc([C@H]2CCCN(CCc3cccs3)C2)n[nH]1. The van der Waals surface area contributed by atoms with Gasteiger partial charge in [0.05, 0.1) is 5.69 Å². The zero-order valence-corrected chi connectivity index (χ0v) is 12.2. The summed E-state index contributed by atoms with van der Waals surface area (Å²) in [7, 11) is 0. The molecular formula is C15H21N3S. The van der Waals surface area contributed by atoms with E-state index in [4.69, 9.17) is 0 Å². The summed E-state index contributed by atoms with van der Waals surface area (Å²) in [5.41, 5.74) is 2.42. The number of thiophene rings is 1. The lowest BCUT2D eigenvalue weighted by Gasteiger charge is -2.31. The molecule has 0 radical (unpaired) electrons. The molecule has 2 aromatic rings. The lowest BCUT2D eigenvalue weighted by molar-refractivity contribution is 0.209. The molecule has 3 heterocycles. The minimum atomic E-state index is 0.613. The monoisotopic (exact) mass is 275 g/mol. The standard InChI is InChI=1S/C15H21N3S/c1-12-10-15(17-16-12)13-4-2-7-18(11-13)8-6-14-5-3-9-19-14/h3,5,9-10,13H,2,4,6-8,11H2,1H3,(H,16,17)/t13-/m0/s1. The zero-order valence-electron chi connectivity index (χ0n) is 11.4. The third kappa shape index (κ3) is 3.25. The fraction of sp³-hybridized carbons (Fsp3) is 0.533. The molecule has 1 aliphatic rings. The molecule has 19 heavy (non-hydrogen) atoms. The molecule has 1 saturated heterocycles. The van der Waals surface area contributed by atoms with Crippen LogP contribution in [0.4, 0.5) is 0 Å². The summed E-state index contributed by atoms with van der Waals surface area (Å²) in [6, 6.07) is 6.59. The Hall–Kier alpha value is -1.13. The fourth-order valence-electron chi connectivity index (χ4n) is 2.87. The highest BCUT2D eigenvalue weighted by Crippen LogP contribution is 2.26. The van der Waals surface area contributed by atoms with Crippen molar-refractivity contribution in [1.29, 1.82) is 0 Å². The molecule has 0 bridgehead atoms. The van der Waals surface area contributed by atoms with Crippen molar-refractivity contribution in [2.24, 2.45) is 0 Å². The first-order valence-electron chi connectivity index (χ1n) is 7.08. The Morgan fingerprint density at radius 3 is 3.21 bits per heavy atom. The molecule has 0 amide bonds. The van der Waals surface area contributed by atoms with E-state index in [0.29, 0.717) is 5.92 Å². The summed E-state index contributed by atoms with van der Waals surface area (Å²) in [6.45, 7) is 5.66. The van der Waals surface area contributed by atoms with Crippen LogP contribution in [0.2, 0.25) is 0 Å². The van der Waals surface area contributed by atoms with Crippen LogP contribution < -0.4 is 0 Å². The summed E-state index contributed by atoms with van der Waals surface area (Å²) < 4.78 is 0. The van der Waals surface area contributed by atoms with Gasteiger partial charge in [-0.2, -0.15) is 5.10 Å². The molecule has 1 aliphatic heterocycles. The Balaban J connectivity index is 1.56. The first kappa shape index (κ1) is 12.9. The van der Waals surface area contributed by atoms with Gasteiger partial charge in [0, 0.05) is 29.6 Å². The molecule has 1 atom stereocenters. The Morgan fingerprint density at radius 2 is 2.47 bits per heavy atom. The van der Waals surface area contributed by atoms with E-state index in [9.17, 15) is 0 Å². The van der Waals surface area contributed by atoms with Crippen molar-refractivity contribution in [3.63, 3.8) is 0 Å². The number of aromatic amines is 1. The van der Waals surface area contributed by atoms with Crippen molar-refractivity contribution in [1.82, 2.24) is 15.1 Å². The minimum Gasteiger partial charge on any atom is -0.302 e. The van der Waals surface area contributed by atoms with E-state index in [0.717, 1.165) is 6.54 Å². The van der Waals surface area contributed by atoms with Gasteiger partial charge in [-0.05, 0) is 50.2 Å². The molecule has 0 aliphatic carbocycles. The predicted molar refractivity (Wildman–Crippen MR) is 79.8 cm³/mol. The summed E-state index contributed by atoms with van der Waals surface area (Å²) in [5.74, 6) is 0.613. The van der Waals surface area contributed by atoms with Crippen LogP contribution in [0.5, 0.6) is 0 Å². The largest absolute Gasteiger partial charge is 0.302 e. The first-order valence-corrected chi connectivity index (χ1v) is 7.96. The molecule has 1 N–H and O–H groups in total. The Morgan fingerprint density at radius 1 is 1.53 bits per heavy atom. The van der Waals surface area contributed by atoms with Gasteiger partial charge in [-0.1, -0.05) is 6.07 Å². The van der Waals surface area contributed by atoms with Crippen LogP contribution >= 0.6 is 11.3 Å². The van der Waals surface area contributed by atoms with Crippen LogP contribution in [-0.4, -0.2) is 34.7 Å². The lowest BCUT2D eigenvalue weighted by atomic mass is 9.94. The van der Waals surface area contributed by atoms with Gasteiger partial charge >= 0.3 is 0 Å². The van der Waals surface area contributed by atoms with E-state index >= 15 is 0 Å². The highest BCUT2D eigenvalue weighted by Gasteiger charge is 2.22. The van der Waals surface area contributed by atoms with Crippen molar-refractivity contribution in [2.75, 3.05) is 19.6 Å². The third-order valence-corrected chi connectivity index (χ3v) is 4.84. The molecule has 4 heteroatoms. The number of aromatic nitrogens is 2. The number of aryl methyl sites for hydroxylation is 1. The van der Waals surface area contributed by atoms with Crippen molar-refractivity contribution in [3.05, 3.63) is 39.8 Å². The van der Waals surface area contributed by atoms with Crippen molar-refractivity contribution in [3.8, 4) is 0 Å². The summed E-state index contributed by atoms with van der Waals surface area (Å²) in [5, 5.41) is 9.67. The van der Waals surface area contributed by atoms with Gasteiger partial charge in [0.2, 0.25) is 0 Å². The number of hydrogen-bond donors (Lipinski definition) is 1. The van der Waals surface area contributed by atoms with Gasteiger partial charge in [0.1, 0.15) is 0 Å². The molecule has 0 aromatic carbocycles. The molecule has 0 spiro atoms. The van der Waals surface area contributed by atoms with Gasteiger partial charge in [0.25, 0.3) is 0 Å². The minimum absolute atomic E-state index is 0.613. The second-order valence-electron chi connectivity index (χ2n) is 5.44. The van der Waals surface area contributed by atoms with E-state index in [2.05, 4.69) is 45.6 Å². The Bertz CT molecular complexity index is 503. The highest BCUT2D eigenvalue weighted by molar-refractivity contribution is 7.09. The second-order valence-corrected chi connectivity index (χ2v) is 6.48. The maximum Gasteiger partial charge on any atom is 0.0668 e. The summed E-state index contributed by atoms with van der Waals surface area (Å²) in [4.78, 5) is 4.09. The smallest absolute Gasteiger partial charge is 0.0668 e. The Kier molecular flexibility index (Phi) is 3.99. The van der Waals surface area contributed by atoms with Gasteiger partial charge in [0.15, 0.2) is 0 Å². The topological polar surface area (TPSA) is 31.9 Å². The molecule has 1 fully saturated rings. The summed E-state index contributed by atoms with van der Waals surface area (Å²) >= 11 is 1.87. The van der Waals surface area contributed by atoms with Gasteiger partial charge in [-0.25, -0.2) is 0 Å². The predicted octanol–water partition coefficient (Wildman–Crippen LogP) is 3.20. The van der Waals surface area contributed by atoms with Crippen LogP contribution in [0.3, 0.4) is 0 Å². The number of H-pyrrole nitrogens is 1. The van der Waals surface area contributed by atoms with Crippen LogP contribution in [-0.2, 0) is 6.42 Å². The van der Waals surface area contributed by atoms with Gasteiger partial charge in [-0.15, -0.1) is 11.3 Å². The number of likely N-dealkylation sites (tertiary alicyclic amines) is 1. The number of rotatable bonds is 4. The van der Waals surface area contributed by atoms with Crippen LogP contribution in [0.25, 0.3) is 0 Å².